The summed E-state index contributed by atoms with van der Waals surface area (Å²) >= 11 is 4.14. The van der Waals surface area contributed by atoms with Gasteiger partial charge in [0.05, 0.1) is 18.7 Å². The van der Waals surface area contributed by atoms with E-state index in [2.05, 4.69) is 50.2 Å². The van der Waals surface area contributed by atoms with E-state index < -0.39 is 16.9 Å². The minimum atomic E-state index is -0.654. The SMILES string of the molecule is CCOC(=O)COc1c(I)cc(/C=C2\N=C(c3cccc([N+](=O)[O-])c3C)OC2=O)cc1I. The van der Waals surface area contributed by atoms with Crippen molar-refractivity contribution in [2.24, 2.45) is 4.99 Å². The third-order valence-electron chi connectivity index (χ3n) is 4.32. The van der Waals surface area contributed by atoms with E-state index in [1.165, 1.54) is 12.1 Å². The Morgan fingerprint density at radius 1 is 1.28 bits per heavy atom. The number of ether oxygens (including phenoxy) is 3. The van der Waals surface area contributed by atoms with Gasteiger partial charge < -0.3 is 14.2 Å². The second-order valence-corrected chi connectivity index (χ2v) is 8.77. The number of hydrogen-bond donors (Lipinski definition) is 0. The lowest BCUT2D eigenvalue weighted by Gasteiger charge is -2.11. The maximum absolute atomic E-state index is 12.3. The summed E-state index contributed by atoms with van der Waals surface area (Å²) in [7, 11) is 0. The van der Waals surface area contributed by atoms with Crippen molar-refractivity contribution in [1.82, 2.24) is 0 Å². The lowest BCUT2D eigenvalue weighted by Crippen LogP contribution is -2.15. The van der Waals surface area contributed by atoms with Crippen LogP contribution in [0.1, 0.15) is 23.6 Å². The highest BCUT2D eigenvalue weighted by atomic mass is 127. The highest BCUT2D eigenvalue weighted by Crippen LogP contribution is 2.31. The van der Waals surface area contributed by atoms with Crippen LogP contribution in [0.25, 0.3) is 6.08 Å². The Bertz CT molecular complexity index is 1150. The van der Waals surface area contributed by atoms with Gasteiger partial charge in [0.15, 0.2) is 12.3 Å². The van der Waals surface area contributed by atoms with Crippen LogP contribution in [0.15, 0.2) is 41.0 Å². The summed E-state index contributed by atoms with van der Waals surface area (Å²) in [5, 5.41) is 11.2. The Labute approximate surface area is 210 Å². The summed E-state index contributed by atoms with van der Waals surface area (Å²) < 4.78 is 17.1. The molecule has 2 aromatic rings. The quantitative estimate of drug-likeness (QED) is 0.142. The fraction of sp³-hybridized carbons (Fsp3) is 0.190. The van der Waals surface area contributed by atoms with E-state index in [4.69, 9.17) is 14.2 Å². The molecule has 1 aliphatic rings. The maximum Gasteiger partial charge on any atom is 0.363 e. The molecule has 2 aromatic carbocycles. The lowest BCUT2D eigenvalue weighted by atomic mass is 10.1. The van der Waals surface area contributed by atoms with Crippen molar-refractivity contribution in [3.05, 3.63) is 70.0 Å². The van der Waals surface area contributed by atoms with Crippen LogP contribution in [0.5, 0.6) is 5.75 Å². The molecule has 11 heteroatoms. The molecule has 0 saturated heterocycles. The van der Waals surface area contributed by atoms with Crippen molar-refractivity contribution in [1.29, 1.82) is 0 Å². The van der Waals surface area contributed by atoms with Crippen LogP contribution in [0.4, 0.5) is 5.69 Å². The minimum absolute atomic E-state index is 0.0150. The van der Waals surface area contributed by atoms with Crippen LogP contribution in [-0.2, 0) is 19.1 Å². The van der Waals surface area contributed by atoms with E-state index in [0.717, 1.165) is 7.14 Å². The zero-order valence-corrected chi connectivity index (χ0v) is 21.2. The summed E-state index contributed by atoms with van der Waals surface area (Å²) in [5.74, 6) is -0.566. The van der Waals surface area contributed by atoms with Gasteiger partial charge in [0, 0.05) is 17.2 Å². The van der Waals surface area contributed by atoms with Crippen molar-refractivity contribution in [3.63, 3.8) is 0 Å². The highest BCUT2D eigenvalue weighted by molar-refractivity contribution is 14.1. The molecule has 0 unspecified atom stereocenters. The Kier molecular flexibility index (Phi) is 7.82. The van der Waals surface area contributed by atoms with E-state index in [1.807, 2.05) is 0 Å². The molecule has 0 aliphatic carbocycles. The van der Waals surface area contributed by atoms with Gasteiger partial charge in [-0.1, -0.05) is 6.07 Å². The molecule has 0 spiro atoms. The molecule has 0 radical (unpaired) electrons. The van der Waals surface area contributed by atoms with E-state index in [-0.39, 0.29) is 30.5 Å². The van der Waals surface area contributed by atoms with Gasteiger partial charge in [-0.25, -0.2) is 14.6 Å². The molecule has 0 fully saturated rings. The second kappa shape index (κ2) is 10.4. The van der Waals surface area contributed by atoms with Gasteiger partial charge >= 0.3 is 11.9 Å². The third-order valence-corrected chi connectivity index (χ3v) is 5.92. The second-order valence-electron chi connectivity index (χ2n) is 6.45. The van der Waals surface area contributed by atoms with Crippen molar-refractivity contribution >= 4 is 74.8 Å². The number of cyclic esters (lactones) is 1. The Morgan fingerprint density at radius 3 is 2.59 bits per heavy atom. The zero-order chi connectivity index (χ0) is 23.4. The predicted molar refractivity (Wildman–Crippen MR) is 132 cm³/mol. The number of rotatable bonds is 7. The van der Waals surface area contributed by atoms with E-state index in [1.54, 1.807) is 38.1 Å². The molecule has 0 N–H and O–H groups in total. The Hall–Kier alpha value is -2.55. The van der Waals surface area contributed by atoms with Crippen molar-refractivity contribution in [2.45, 2.75) is 13.8 Å². The van der Waals surface area contributed by atoms with Crippen molar-refractivity contribution < 1.29 is 28.7 Å². The maximum atomic E-state index is 12.3. The first kappa shape index (κ1) is 24.1. The predicted octanol–water partition coefficient (Wildman–Crippen LogP) is 4.40. The fourth-order valence-electron chi connectivity index (χ4n) is 2.87. The summed E-state index contributed by atoms with van der Waals surface area (Å²) in [6.07, 6.45) is 1.56. The average molecular weight is 662 g/mol. The summed E-state index contributed by atoms with van der Waals surface area (Å²) in [5.41, 5.74) is 1.40. The van der Waals surface area contributed by atoms with E-state index in [9.17, 15) is 19.7 Å². The lowest BCUT2D eigenvalue weighted by molar-refractivity contribution is -0.385. The largest absolute Gasteiger partial charge is 0.480 e. The zero-order valence-electron chi connectivity index (χ0n) is 16.9. The van der Waals surface area contributed by atoms with Crippen LogP contribution in [0, 0.1) is 24.2 Å². The number of nitro groups is 1. The number of carbonyl (C=O) groups excluding carboxylic acids is 2. The van der Waals surface area contributed by atoms with Gasteiger partial charge in [-0.2, -0.15) is 0 Å². The molecule has 0 saturated carbocycles. The molecular weight excluding hydrogens is 646 g/mol. The molecule has 0 amide bonds. The van der Waals surface area contributed by atoms with Crippen molar-refractivity contribution in [3.8, 4) is 5.75 Å². The standard InChI is InChI=1S/C21H16I2N2O7/c1-3-30-18(26)10-31-19-14(22)7-12(8-15(19)23)9-16-21(27)32-20(24-16)13-5-4-6-17(11(13)2)25(28)29/h4-9H,3,10H2,1-2H3/b16-9-. The van der Waals surface area contributed by atoms with Crippen LogP contribution < -0.4 is 4.74 Å². The number of carbonyl (C=O) groups is 2. The number of nitrogens with zero attached hydrogens (tertiary/aromatic N) is 2. The van der Waals surface area contributed by atoms with Crippen LogP contribution in [-0.4, -0.2) is 36.0 Å². The first-order valence-corrected chi connectivity index (χ1v) is 11.4. The number of esters is 2. The molecule has 1 heterocycles. The highest BCUT2D eigenvalue weighted by Gasteiger charge is 2.27. The van der Waals surface area contributed by atoms with Gasteiger partial charge in [0.1, 0.15) is 5.75 Å². The first-order chi connectivity index (χ1) is 15.2. The first-order valence-electron chi connectivity index (χ1n) is 9.25. The van der Waals surface area contributed by atoms with Gasteiger partial charge in [0.25, 0.3) is 5.69 Å². The Balaban J connectivity index is 1.88. The molecule has 9 nitrogen and oxygen atoms in total. The van der Waals surface area contributed by atoms with Gasteiger partial charge in [-0.15, -0.1) is 0 Å². The molecule has 0 atom stereocenters. The number of benzene rings is 2. The molecule has 166 valence electrons. The molecule has 0 aromatic heterocycles. The monoisotopic (exact) mass is 662 g/mol. The van der Waals surface area contributed by atoms with Crippen LogP contribution in [0.2, 0.25) is 0 Å². The summed E-state index contributed by atoms with van der Waals surface area (Å²) in [6.45, 7) is 3.36. The van der Waals surface area contributed by atoms with Crippen LogP contribution >= 0.6 is 45.2 Å². The number of aliphatic imine (C=N–C) groups is 1. The molecule has 1 aliphatic heterocycles. The van der Waals surface area contributed by atoms with Crippen molar-refractivity contribution in [2.75, 3.05) is 13.2 Å². The molecule has 3 rings (SSSR count). The van der Waals surface area contributed by atoms with Gasteiger partial charge in [-0.05, 0) is 88.9 Å². The number of halogens is 2. The summed E-state index contributed by atoms with van der Waals surface area (Å²) in [6, 6.07) is 8.05. The third kappa shape index (κ3) is 5.43. The van der Waals surface area contributed by atoms with Gasteiger partial charge in [0.2, 0.25) is 5.90 Å². The van der Waals surface area contributed by atoms with E-state index in [0.29, 0.717) is 22.4 Å². The normalized spacial score (nSPS) is 14.2. The number of hydrogen-bond acceptors (Lipinski definition) is 8. The fourth-order valence-corrected chi connectivity index (χ4v) is 5.00. The molecular formula is C21H16I2N2O7. The average Bonchev–Trinajstić information content (AvgIpc) is 3.07. The molecule has 32 heavy (non-hydrogen) atoms. The molecule has 0 bridgehead atoms. The smallest absolute Gasteiger partial charge is 0.363 e. The summed E-state index contributed by atoms with van der Waals surface area (Å²) in [4.78, 5) is 38.8. The Morgan fingerprint density at radius 2 is 1.97 bits per heavy atom. The van der Waals surface area contributed by atoms with Crippen LogP contribution in [0.3, 0.4) is 0 Å². The topological polar surface area (TPSA) is 117 Å². The van der Waals surface area contributed by atoms with Gasteiger partial charge in [-0.3, -0.25) is 10.1 Å². The van der Waals surface area contributed by atoms with E-state index >= 15 is 0 Å². The number of nitro benzene ring substituents is 1. The minimum Gasteiger partial charge on any atom is -0.480 e.